The maximum atomic E-state index is 12.7. The molecule has 1 aromatic carbocycles. The van der Waals surface area contributed by atoms with E-state index < -0.39 is 29.7 Å². The van der Waals surface area contributed by atoms with Crippen molar-refractivity contribution >= 4 is 46.4 Å². The second-order valence-corrected chi connectivity index (χ2v) is 7.04. The van der Waals surface area contributed by atoms with Gasteiger partial charge in [-0.25, -0.2) is 14.6 Å². The lowest BCUT2D eigenvalue weighted by molar-refractivity contribution is -0.132. The van der Waals surface area contributed by atoms with Gasteiger partial charge in [0.15, 0.2) is 17.4 Å². The minimum Gasteiger partial charge on any atom is -0.493 e. The van der Waals surface area contributed by atoms with Crippen molar-refractivity contribution in [3.05, 3.63) is 29.1 Å². The molecule has 4 amide bonds. The van der Waals surface area contributed by atoms with Crippen LogP contribution in [0.15, 0.2) is 28.6 Å². The normalized spacial score (nSPS) is 14.4. The van der Waals surface area contributed by atoms with Gasteiger partial charge in [0.1, 0.15) is 10.6 Å². The van der Waals surface area contributed by atoms with Crippen LogP contribution < -0.4 is 20.1 Å². The smallest absolute Gasteiger partial charge is 0.341 e. The van der Waals surface area contributed by atoms with Gasteiger partial charge in [0.25, 0.3) is 0 Å². The lowest BCUT2D eigenvalue weighted by Gasteiger charge is -2.16. The third-order valence-electron chi connectivity index (χ3n) is 4.32. The molecule has 2 aromatic rings. The summed E-state index contributed by atoms with van der Waals surface area (Å²) in [6, 6.07) is 4.29. The zero-order valence-electron chi connectivity index (χ0n) is 16.9. The van der Waals surface area contributed by atoms with Crippen LogP contribution in [0.1, 0.15) is 17.3 Å². The Bertz CT molecular complexity index is 1060. The monoisotopic (exact) mass is 445 g/mol. The number of urea groups is 1. The number of carbonyl (C=O) groups is 4. The Labute approximate surface area is 181 Å². The summed E-state index contributed by atoms with van der Waals surface area (Å²) in [4.78, 5) is 51.9. The van der Waals surface area contributed by atoms with Gasteiger partial charge in [0.2, 0.25) is 11.8 Å². The Hall–Kier alpha value is -3.73. The predicted octanol–water partition coefficient (Wildman–Crippen LogP) is 2.29. The summed E-state index contributed by atoms with van der Waals surface area (Å²) in [7, 11) is 3.02. The Morgan fingerprint density at radius 3 is 2.42 bits per heavy atom. The minimum atomic E-state index is -1.31. The molecule has 0 spiro atoms. The number of ether oxygens (including phenoxy) is 3. The highest BCUT2D eigenvalue weighted by molar-refractivity contribution is 7.14. The van der Waals surface area contributed by atoms with Crippen molar-refractivity contribution in [2.24, 2.45) is 10.9 Å². The first-order valence-electron chi connectivity index (χ1n) is 9.10. The van der Waals surface area contributed by atoms with Crippen molar-refractivity contribution in [1.29, 1.82) is 0 Å². The highest BCUT2D eigenvalue weighted by Gasteiger charge is 2.33. The van der Waals surface area contributed by atoms with Gasteiger partial charge in [-0.15, -0.1) is 11.3 Å². The topological polar surface area (TPSA) is 132 Å². The fourth-order valence-electron chi connectivity index (χ4n) is 2.87. The summed E-state index contributed by atoms with van der Waals surface area (Å²) in [6.45, 7) is 1.83. The molecule has 0 unspecified atom stereocenters. The van der Waals surface area contributed by atoms with Crippen LogP contribution in [0.3, 0.4) is 0 Å². The van der Waals surface area contributed by atoms with E-state index in [-0.39, 0.29) is 17.2 Å². The maximum absolute atomic E-state index is 12.7. The summed E-state index contributed by atoms with van der Waals surface area (Å²) in [5, 5.41) is 5.95. The number of nitrogens with zero attached hydrogens (tertiary/aromatic N) is 1. The summed E-state index contributed by atoms with van der Waals surface area (Å²) in [5.41, 5.74) is 1.39. The van der Waals surface area contributed by atoms with E-state index in [0.29, 0.717) is 22.6 Å². The van der Waals surface area contributed by atoms with E-state index >= 15 is 0 Å². The molecule has 11 heteroatoms. The van der Waals surface area contributed by atoms with Crippen LogP contribution in [-0.2, 0) is 14.3 Å². The molecule has 1 aromatic heterocycles. The van der Waals surface area contributed by atoms with Crippen molar-refractivity contribution in [2.45, 2.75) is 6.92 Å². The van der Waals surface area contributed by atoms with E-state index in [4.69, 9.17) is 14.2 Å². The summed E-state index contributed by atoms with van der Waals surface area (Å²) in [6.07, 6.45) is 1.09. The molecule has 0 atom stereocenters. The second-order valence-electron chi connectivity index (χ2n) is 6.18. The molecule has 3 rings (SSSR count). The Morgan fingerprint density at radius 1 is 1.13 bits per heavy atom. The van der Waals surface area contributed by atoms with Gasteiger partial charge < -0.3 is 14.2 Å². The van der Waals surface area contributed by atoms with E-state index in [2.05, 4.69) is 4.99 Å². The van der Waals surface area contributed by atoms with Gasteiger partial charge in [-0.1, -0.05) is 6.07 Å². The maximum Gasteiger partial charge on any atom is 0.341 e. The average molecular weight is 445 g/mol. The SMILES string of the molecule is CCOC(=O)c1c(-c2ccc(OC)c(OC)c2)csc1/N=C/C1C(=O)NC(=O)NC1=O. The van der Waals surface area contributed by atoms with Gasteiger partial charge in [0.05, 0.1) is 20.8 Å². The quantitative estimate of drug-likeness (QED) is 0.380. The van der Waals surface area contributed by atoms with E-state index in [0.717, 1.165) is 17.6 Å². The number of carbonyl (C=O) groups excluding carboxylic acids is 4. The molecule has 31 heavy (non-hydrogen) atoms. The zero-order chi connectivity index (χ0) is 22.5. The number of imide groups is 2. The number of barbiturate groups is 1. The lowest BCUT2D eigenvalue weighted by Crippen LogP contribution is -2.56. The van der Waals surface area contributed by atoms with E-state index in [1.165, 1.54) is 14.2 Å². The van der Waals surface area contributed by atoms with Crippen LogP contribution in [0.4, 0.5) is 9.80 Å². The van der Waals surface area contributed by atoms with Gasteiger partial charge in [-0.2, -0.15) is 0 Å². The molecule has 0 radical (unpaired) electrons. The fourth-order valence-corrected chi connectivity index (χ4v) is 3.78. The molecule has 2 heterocycles. The molecular weight excluding hydrogens is 426 g/mol. The van der Waals surface area contributed by atoms with Gasteiger partial charge in [-0.05, 0) is 24.6 Å². The van der Waals surface area contributed by atoms with Gasteiger partial charge >= 0.3 is 12.0 Å². The molecule has 0 bridgehead atoms. The van der Waals surface area contributed by atoms with Crippen LogP contribution in [-0.4, -0.2) is 50.9 Å². The number of aliphatic imine (C=N–C) groups is 1. The number of amides is 4. The molecule has 0 aliphatic carbocycles. The molecule has 162 valence electrons. The van der Waals surface area contributed by atoms with Crippen LogP contribution in [0.25, 0.3) is 11.1 Å². The summed E-state index contributed by atoms with van der Waals surface area (Å²) < 4.78 is 15.7. The first kappa shape index (κ1) is 22.0. The zero-order valence-corrected chi connectivity index (χ0v) is 17.7. The van der Waals surface area contributed by atoms with Crippen molar-refractivity contribution in [3.8, 4) is 22.6 Å². The predicted molar refractivity (Wildman–Crippen MR) is 112 cm³/mol. The van der Waals surface area contributed by atoms with Crippen LogP contribution in [0.2, 0.25) is 0 Å². The third kappa shape index (κ3) is 4.56. The number of benzene rings is 1. The minimum absolute atomic E-state index is 0.152. The fraction of sp³-hybridized carbons (Fsp3) is 0.250. The number of rotatable bonds is 7. The Kier molecular flexibility index (Phi) is 6.65. The van der Waals surface area contributed by atoms with Crippen molar-refractivity contribution in [3.63, 3.8) is 0 Å². The molecule has 1 saturated heterocycles. The molecule has 1 fully saturated rings. The number of esters is 1. The Morgan fingerprint density at radius 2 is 1.81 bits per heavy atom. The molecular formula is C20H19N3O7S. The lowest BCUT2D eigenvalue weighted by atomic mass is 10.0. The Balaban J connectivity index is 2.02. The molecule has 2 N–H and O–H groups in total. The summed E-state index contributed by atoms with van der Waals surface area (Å²) >= 11 is 1.14. The first-order chi connectivity index (χ1) is 14.9. The summed E-state index contributed by atoms with van der Waals surface area (Å²) in [5.74, 6) is -2.50. The molecule has 1 aliphatic rings. The molecule has 1 aliphatic heterocycles. The van der Waals surface area contributed by atoms with Crippen molar-refractivity contribution in [2.75, 3.05) is 20.8 Å². The molecule has 0 saturated carbocycles. The molecule has 10 nitrogen and oxygen atoms in total. The van der Waals surface area contributed by atoms with E-state index in [1.54, 1.807) is 30.5 Å². The van der Waals surface area contributed by atoms with Crippen molar-refractivity contribution in [1.82, 2.24) is 10.6 Å². The average Bonchev–Trinajstić information content (AvgIpc) is 3.16. The number of nitrogens with one attached hydrogen (secondary N) is 2. The highest BCUT2D eigenvalue weighted by Crippen LogP contribution is 2.40. The first-order valence-corrected chi connectivity index (χ1v) is 9.98. The number of thiophene rings is 1. The number of hydrogen-bond acceptors (Lipinski definition) is 9. The number of methoxy groups -OCH3 is 2. The van der Waals surface area contributed by atoms with Crippen LogP contribution >= 0.6 is 11.3 Å². The largest absolute Gasteiger partial charge is 0.493 e. The van der Waals surface area contributed by atoms with Gasteiger partial charge in [-0.3, -0.25) is 20.2 Å². The van der Waals surface area contributed by atoms with E-state index in [9.17, 15) is 19.2 Å². The van der Waals surface area contributed by atoms with Crippen LogP contribution in [0.5, 0.6) is 11.5 Å². The van der Waals surface area contributed by atoms with E-state index in [1.807, 2.05) is 10.6 Å². The highest BCUT2D eigenvalue weighted by atomic mass is 32.1. The second kappa shape index (κ2) is 9.39. The van der Waals surface area contributed by atoms with Crippen molar-refractivity contribution < 1.29 is 33.4 Å². The van der Waals surface area contributed by atoms with Crippen LogP contribution in [0, 0.1) is 5.92 Å². The number of hydrogen-bond donors (Lipinski definition) is 2. The standard InChI is InChI=1S/C20H19N3O7S/c1-4-30-19(26)15-12(10-5-6-13(28-2)14(7-10)29-3)9-31-18(15)21-8-11-16(24)22-20(27)23-17(11)25/h5-9,11H,4H2,1-3H3,(H2,22,23,24,25,27)/b21-8+. The third-order valence-corrected chi connectivity index (χ3v) is 5.21. The van der Waals surface area contributed by atoms with Gasteiger partial charge in [0, 0.05) is 17.2 Å².